The highest BCUT2D eigenvalue weighted by Crippen LogP contribution is 2.38. The van der Waals surface area contributed by atoms with E-state index in [0.717, 1.165) is 24.0 Å². The zero-order chi connectivity index (χ0) is 12.5. The molecule has 3 heteroatoms. The molecule has 1 aliphatic carbocycles. The van der Waals surface area contributed by atoms with E-state index in [1.807, 2.05) is 18.2 Å². The quantitative estimate of drug-likeness (QED) is 0.844. The third kappa shape index (κ3) is 1.82. The third-order valence-electron chi connectivity index (χ3n) is 3.45. The summed E-state index contributed by atoms with van der Waals surface area (Å²) >= 11 is 0. The Labute approximate surface area is 105 Å². The minimum Gasteiger partial charge on any atom is -0.508 e. The number of hydrogen-bond donors (Lipinski definition) is 2. The highest BCUT2D eigenvalue weighted by atomic mass is 19.1. The minimum absolute atomic E-state index is 0.0731. The minimum atomic E-state index is -0.244. The van der Waals surface area contributed by atoms with E-state index >= 15 is 0 Å². The summed E-state index contributed by atoms with van der Waals surface area (Å²) in [5, 5.41) is 13.0. The van der Waals surface area contributed by atoms with Crippen LogP contribution in [-0.4, -0.2) is 5.11 Å². The van der Waals surface area contributed by atoms with Gasteiger partial charge in [0.2, 0.25) is 0 Å². The van der Waals surface area contributed by atoms with Gasteiger partial charge in [0.15, 0.2) is 0 Å². The molecule has 18 heavy (non-hydrogen) atoms. The summed E-state index contributed by atoms with van der Waals surface area (Å²) in [5.74, 6) is 0.0939. The highest BCUT2D eigenvalue weighted by Gasteiger charge is 2.24. The third-order valence-corrected chi connectivity index (χ3v) is 3.45. The van der Waals surface area contributed by atoms with Gasteiger partial charge in [-0.05, 0) is 42.2 Å². The van der Waals surface area contributed by atoms with Crippen LogP contribution in [0.25, 0.3) is 0 Å². The van der Waals surface area contributed by atoms with Gasteiger partial charge < -0.3 is 10.4 Å². The maximum absolute atomic E-state index is 13.6. The molecule has 0 heterocycles. The summed E-state index contributed by atoms with van der Waals surface area (Å²) < 4.78 is 13.6. The van der Waals surface area contributed by atoms with Crippen LogP contribution < -0.4 is 5.32 Å². The Hall–Kier alpha value is -2.03. The van der Waals surface area contributed by atoms with Crippen LogP contribution in [0, 0.1) is 5.82 Å². The van der Waals surface area contributed by atoms with E-state index in [9.17, 15) is 9.50 Å². The number of benzene rings is 2. The van der Waals surface area contributed by atoms with E-state index in [1.165, 1.54) is 6.07 Å². The lowest BCUT2D eigenvalue weighted by molar-refractivity contribution is 0.469. The number of hydrogen-bond acceptors (Lipinski definition) is 2. The molecule has 1 unspecified atom stereocenters. The first-order chi connectivity index (χ1) is 8.75. The number of fused-ring (bicyclic) bond motifs is 1. The molecule has 1 atom stereocenters. The fourth-order valence-corrected chi connectivity index (χ4v) is 2.55. The van der Waals surface area contributed by atoms with E-state index in [1.54, 1.807) is 18.2 Å². The lowest BCUT2D eigenvalue weighted by Crippen LogP contribution is -2.08. The SMILES string of the molecule is Oc1cccc2c1CCC2Nc1ccccc1F. The summed E-state index contributed by atoms with van der Waals surface area (Å²) in [6, 6.07) is 12.2. The number of phenols is 1. The maximum Gasteiger partial charge on any atom is 0.146 e. The van der Waals surface area contributed by atoms with Crippen molar-refractivity contribution in [2.24, 2.45) is 0 Å². The van der Waals surface area contributed by atoms with E-state index in [4.69, 9.17) is 0 Å². The summed E-state index contributed by atoms with van der Waals surface area (Å²) in [7, 11) is 0. The topological polar surface area (TPSA) is 32.3 Å². The summed E-state index contributed by atoms with van der Waals surface area (Å²) in [5.41, 5.74) is 2.56. The van der Waals surface area contributed by atoms with E-state index in [2.05, 4.69) is 5.32 Å². The molecule has 2 aromatic rings. The molecule has 0 aromatic heterocycles. The molecule has 1 aliphatic rings. The molecule has 3 rings (SSSR count). The van der Waals surface area contributed by atoms with E-state index in [-0.39, 0.29) is 11.9 Å². The van der Waals surface area contributed by atoms with Crippen molar-refractivity contribution in [2.75, 3.05) is 5.32 Å². The lowest BCUT2D eigenvalue weighted by Gasteiger charge is -2.16. The van der Waals surface area contributed by atoms with Crippen LogP contribution in [0.1, 0.15) is 23.6 Å². The number of nitrogens with one attached hydrogen (secondary N) is 1. The van der Waals surface area contributed by atoms with Crippen LogP contribution in [0.4, 0.5) is 10.1 Å². The predicted octanol–water partition coefficient (Wildman–Crippen LogP) is 3.63. The number of phenolic OH excluding ortho intramolecular Hbond substituents is 1. The molecule has 0 saturated carbocycles. The van der Waals surface area contributed by atoms with Crippen molar-refractivity contribution in [3.63, 3.8) is 0 Å². The number of para-hydroxylation sites is 1. The summed E-state index contributed by atoms with van der Waals surface area (Å²) in [4.78, 5) is 0. The fourth-order valence-electron chi connectivity index (χ4n) is 2.55. The average molecular weight is 243 g/mol. The molecule has 0 saturated heterocycles. The number of anilines is 1. The first kappa shape index (κ1) is 11.1. The zero-order valence-corrected chi connectivity index (χ0v) is 9.86. The Morgan fingerprint density at radius 3 is 2.78 bits per heavy atom. The Kier molecular flexibility index (Phi) is 2.67. The Bertz CT molecular complexity index is 582. The first-order valence-electron chi connectivity index (χ1n) is 6.07. The molecular formula is C15H14FNO. The van der Waals surface area contributed by atoms with Crippen molar-refractivity contribution >= 4 is 5.69 Å². The van der Waals surface area contributed by atoms with Crippen LogP contribution in [0.3, 0.4) is 0 Å². The van der Waals surface area contributed by atoms with Crippen molar-refractivity contribution in [3.8, 4) is 5.75 Å². The van der Waals surface area contributed by atoms with Gasteiger partial charge in [-0.25, -0.2) is 4.39 Å². The van der Waals surface area contributed by atoms with Crippen LogP contribution in [-0.2, 0) is 6.42 Å². The zero-order valence-electron chi connectivity index (χ0n) is 9.86. The van der Waals surface area contributed by atoms with Gasteiger partial charge >= 0.3 is 0 Å². The standard InChI is InChI=1S/C15H14FNO/c16-12-5-1-2-6-14(12)17-13-9-8-11-10(13)4-3-7-15(11)18/h1-7,13,17-18H,8-9H2. The molecule has 2 N–H and O–H groups in total. The van der Waals surface area contributed by atoms with Crippen molar-refractivity contribution in [3.05, 3.63) is 59.4 Å². The highest BCUT2D eigenvalue weighted by molar-refractivity contribution is 5.51. The van der Waals surface area contributed by atoms with Crippen LogP contribution in [0.5, 0.6) is 5.75 Å². The molecule has 2 aromatic carbocycles. The van der Waals surface area contributed by atoms with E-state index < -0.39 is 0 Å². The molecule has 0 radical (unpaired) electrons. The second kappa shape index (κ2) is 4.33. The van der Waals surface area contributed by atoms with Gasteiger partial charge in [0.1, 0.15) is 11.6 Å². The summed E-state index contributed by atoms with van der Waals surface area (Å²) in [6.45, 7) is 0. The maximum atomic E-state index is 13.6. The van der Waals surface area contributed by atoms with Gasteiger partial charge in [-0.2, -0.15) is 0 Å². The van der Waals surface area contributed by atoms with Gasteiger partial charge in [-0.1, -0.05) is 24.3 Å². The second-order valence-corrected chi connectivity index (χ2v) is 4.56. The summed E-state index contributed by atoms with van der Waals surface area (Å²) in [6.07, 6.45) is 1.70. The second-order valence-electron chi connectivity index (χ2n) is 4.56. The molecule has 0 bridgehead atoms. The Morgan fingerprint density at radius 2 is 1.94 bits per heavy atom. The molecule has 2 nitrogen and oxygen atoms in total. The number of aromatic hydroxyl groups is 1. The smallest absolute Gasteiger partial charge is 0.146 e. The van der Waals surface area contributed by atoms with Gasteiger partial charge in [-0.3, -0.25) is 0 Å². The fraction of sp³-hybridized carbons (Fsp3) is 0.200. The van der Waals surface area contributed by atoms with Gasteiger partial charge in [0.25, 0.3) is 0 Å². The normalized spacial score (nSPS) is 17.5. The first-order valence-corrected chi connectivity index (χ1v) is 6.07. The molecule has 0 fully saturated rings. The van der Waals surface area contributed by atoms with E-state index in [0.29, 0.717) is 11.4 Å². The van der Waals surface area contributed by atoms with Crippen LogP contribution >= 0.6 is 0 Å². The molecule has 92 valence electrons. The van der Waals surface area contributed by atoms with Crippen molar-refractivity contribution in [2.45, 2.75) is 18.9 Å². The lowest BCUT2D eigenvalue weighted by atomic mass is 10.1. The largest absolute Gasteiger partial charge is 0.508 e. The molecule has 0 aliphatic heterocycles. The number of rotatable bonds is 2. The van der Waals surface area contributed by atoms with Crippen LogP contribution in [0.15, 0.2) is 42.5 Å². The molecule has 0 amide bonds. The Morgan fingerprint density at radius 1 is 1.11 bits per heavy atom. The monoisotopic (exact) mass is 243 g/mol. The average Bonchev–Trinajstić information content (AvgIpc) is 2.77. The van der Waals surface area contributed by atoms with Gasteiger partial charge in [0, 0.05) is 0 Å². The predicted molar refractivity (Wildman–Crippen MR) is 69.2 cm³/mol. The Balaban J connectivity index is 1.90. The number of halogens is 1. The van der Waals surface area contributed by atoms with Crippen molar-refractivity contribution < 1.29 is 9.50 Å². The molecule has 0 spiro atoms. The van der Waals surface area contributed by atoms with Crippen molar-refractivity contribution in [1.29, 1.82) is 0 Å². The molecular weight excluding hydrogens is 229 g/mol. The van der Waals surface area contributed by atoms with Gasteiger partial charge in [0.05, 0.1) is 11.7 Å². The van der Waals surface area contributed by atoms with Crippen LogP contribution in [0.2, 0.25) is 0 Å². The van der Waals surface area contributed by atoms with Crippen molar-refractivity contribution in [1.82, 2.24) is 0 Å². The van der Waals surface area contributed by atoms with Gasteiger partial charge in [-0.15, -0.1) is 0 Å².